The number of fused-ring (bicyclic) bond motifs is 1. The molecule has 116 valence electrons. The molecular formula is C16H24N2O3. The third-order valence-electron chi connectivity index (χ3n) is 3.71. The maximum atomic E-state index is 12.3. The van der Waals surface area contributed by atoms with Gasteiger partial charge in [-0.25, -0.2) is 0 Å². The number of aliphatic hydroxyl groups is 1. The van der Waals surface area contributed by atoms with E-state index in [2.05, 4.69) is 0 Å². The van der Waals surface area contributed by atoms with E-state index in [1.807, 2.05) is 32.0 Å². The number of ether oxygens (including phenoxy) is 1. The second kappa shape index (κ2) is 6.45. The summed E-state index contributed by atoms with van der Waals surface area (Å²) in [6, 6.07) is 5.56. The van der Waals surface area contributed by atoms with Gasteiger partial charge in [0.15, 0.2) is 6.10 Å². The summed E-state index contributed by atoms with van der Waals surface area (Å²) in [7, 11) is 0. The number of amides is 1. The van der Waals surface area contributed by atoms with Crippen LogP contribution in [0.25, 0.3) is 0 Å². The van der Waals surface area contributed by atoms with E-state index < -0.39 is 12.2 Å². The summed E-state index contributed by atoms with van der Waals surface area (Å²) >= 11 is 0. The summed E-state index contributed by atoms with van der Waals surface area (Å²) in [5.74, 6) is 0.636. The van der Waals surface area contributed by atoms with Crippen LogP contribution in [0.5, 0.6) is 5.75 Å². The first-order chi connectivity index (χ1) is 9.95. The number of carbonyl (C=O) groups excluding carboxylic acids is 1. The SMILES string of the molecule is CC1Oc2ccc(C(O)CCCN)cc2N(C(C)C)C1=O. The smallest absolute Gasteiger partial charge is 0.268 e. The van der Waals surface area contributed by atoms with Gasteiger partial charge < -0.3 is 20.5 Å². The fourth-order valence-corrected chi connectivity index (χ4v) is 2.60. The second-order valence-corrected chi connectivity index (χ2v) is 5.74. The normalized spacial score (nSPS) is 19.4. The molecule has 1 heterocycles. The molecule has 0 aliphatic carbocycles. The Morgan fingerprint density at radius 3 is 2.76 bits per heavy atom. The van der Waals surface area contributed by atoms with Gasteiger partial charge in [-0.2, -0.15) is 0 Å². The average molecular weight is 292 g/mol. The van der Waals surface area contributed by atoms with Gasteiger partial charge in [0.1, 0.15) is 5.75 Å². The second-order valence-electron chi connectivity index (χ2n) is 5.74. The number of benzene rings is 1. The van der Waals surface area contributed by atoms with Crippen molar-refractivity contribution >= 4 is 11.6 Å². The zero-order valence-electron chi connectivity index (χ0n) is 12.9. The summed E-state index contributed by atoms with van der Waals surface area (Å²) in [6.07, 6.45) is 0.330. The lowest BCUT2D eigenvalue weighted by Crippen LogP contribution is -2.47. The Bertz CT molecular complexity index is 516. The van der Waals surface area contributed by atoms with E-state index in [0.29, 0.717) is 18.7 Å². The minimum Gasteiger partial charge on any atom is -0.479 e. The van der Waals surface area contributed by atoms with E-state index >= 15 is 0 Å². The van der Waals surface area contributed by atoms with Crippen molar-refractivity contribution in [2.45, 2.75) is 51.9 Å². The van der Waals surface area contributed by atoms with E-state index in [-0.39, 0.29) is 11.9 Å². The fraction of sp³-hybridized carbons (Fsp3) is 0.562. The number of nitrogens with two attached hydrogens (primary N) is 1. The van der Waals surface area contributed by atoms with Gasteiger partial charge in [-0.05, 0) is 57.9 Å². The van der Waals surface area contributed by atoms with Crippen LogP contribution < -0.4 is 15.4 Å². The first-order valence-corrected chi connectivity index (χ1v) is 7.47. The van der Waals surface area contributed by atoms with Gasteiger partial charge in [-0.15, -0.1) is 0 Å². The molecule has 0 aromatic heterocycles. The van der Waals surface area contributed by atoms with Crippen molar-refractivity contribution in [1.29, 1.82) is 0 Å². The maximum absolute atomic E-state index is 12.3. The summed E-state index contributed by atoms with van der Waals surface area (Å²) in [5.41, 5.74) is 7.00. The lowest BCUT2D eigenvalue weighted by Gasteiger charge is -2.36. The van der Waals surface area contributed by atoms with Crippen LogP contribution in [0.4, 0.5) is 5.69 Å². The largest absolute Gasteiger partial charge is 0.479 e. The zero-order chi connectivity index (χ0) is 15.6. The predicted octanol–water partition coefficient (Wildman–Crippen LogP) is 1.98. The number of hydrogen-bond donors (Lipinski definition) is 2. The highest BCUT2D eigenvalue weighted by molar-refractivity contribution is 6.00. The van der Waals surface area contributed by atoms with E-state index in [4.69, 9.17) is 10.5 Å². The summed E-state index contributed by atoms with van der Waals surface area (Å²) < 4.78 is 5.65. The standard InChI is InChI=1S/C16H24N2O3/c1-10(2)18-13-9-12(14(19)5-4-8-17)6-7-15(13)21-11(3)16(18)20/h6-7,9-11,14,19H,4-5,8,17H2,1-3H3. The Balaban J connectivity index is 2.35. The highest BCUT2D eigenvalue weighted by atomic mass is 16.5. The number of nitrogens with zero attached hydrogens (tertiary/aromatic N) is 1. The lowest BCUT2D eigenvalue weighted by molar-refractivity contribution is -0.125. The van der Waals surface area contributed by atoms with E-state index in [9.17, 15) is 9.90 Å². The Morgan fingerprint density at radius 1 is 1.43 bits per heavy atom. The first-order valence-electron chi connectivity index (χ1n) is 7.47. The number of carbonyl (C=O) groups is 1. The lowest BCUT2D eigenvalue weighted by atomic mass is 10.0. The molecule has 0 saturated heterocycles. The quantitative estimate of drug-likeness (QED) is 0.870. The van der Waals surface area contributed by atoms with Crippen LogP contribution in [-0.4, -0.2) is 29.7 Å². The van der Waals surface area contributed by atoms with Gasteiger partial charge in [0.05, 0.1) is 11.8 Å². The molecule has 0 radical (unpaired) electrons. The van der Waals surface area contributed by atoms with Gasteiger partial charge in [-0.3, -0.25) is 4.79 Å². The fourth-order valence-electron chi connectivity index (χ4n) is 2.60. The molecule has 3 N–H and O–H groups in total. The maximum Gasteiger partial charge on any atom is 0.268 e. The minimum absolute atomic E-state index is 0.0408. The van der Waals surface area contributed by atoms with Gasteiger partial charge >= 0.3 is 0 Å². The third-order valence-corrected chi connectivity index (χ3v) is 3.71. The summed E-state index contributed by atoms with van der Waals surface area (Å²) in [5, 5.41) is 10.2. The molecule has 1 aliphatic heterocycles. The molecule has 5 heteroatoms. The molecule has 2 atom stereocenters. The Hall–Kier alpha value is -1.59. The molecule has 1 aliphatic rings. The monoisotopic (exact) mass is 292 g/mol. The molecule has 0 fully saturated rings. The van der Waals surface area contributed by atoms with E-state index in [0.717, 1.165) is 17.7 Å². The average Bonchev–Trinajstić information content (AvgIpc) is 2.45. The molecule has 21 heavy (non-hydrogen) atoms. The third kappa shape index (κ3) is 3.19. The van der Waals surface area contributed by atoms with E-state index in [1.165, 1.54) is 0 Å². The van der Waals surface area contributed by atoms with Gasteiger partial charge in [-0.1, -0.05) is 6.07 Å². The number of rotatable bonds is 5. The van der Waals surface area contributed by atoms with Gasteiger partial charge in [0.25, 0.3) is 5.91 Å². The number of hydrogen-bond acceptors (Lipinski definition) is 4. The molecule has 2 rings (SSSR count). The summed E-state index contributed by atoms with van der Waals surface area (Å²) in [6.45, 7) is 6.25. The molecule has 2 unspecified atom stereocenters. The van der Waals surface area contributed by atoms with Crippen molar-refractivity contribution in [2.24, 2.45) is 5.73 Å². The highest BCUT2D eigenvalue weighted by Gasteiger charge is 2.33. The molecule has 0 bridgehead atoms. The Kier molecular flexibility index (Phi) is 4.85. The molecule has 1 aromatic rings. The molecule has 1 amide bonds. The highest BCUT2D eigenvalue weighted by Crippen LogP contribution is 2.37. The van der Waals surface area contributed by atoms with Crippen molar-refractivity contribution in [1.82, 2.24) is 0 Å². The Morgan fingerprint density at radius 2 is 2.14 bits per heavy atom. The van der Waals surface area contributed by atoms with Crippen molar-refractivity contribution < 1.29 is 14.6 Å². The van der Waals surface area contributed by atoms with Crippen LogP contribution in [0.15, 0.2) is 18.2 Å². The van der Waals surface area contributed by atoms with Crippen molar-refractivity contribution in [3.63, 3.8) is 0 Å². The topological polar surface area (TPSA) is 75.8 Å². The minimum atomic E-state index is -0.567. The first kappa shape index (κ1) is 15.8. The van der Waals surface area contributed by atoms with Crippen LogP contribution in [0.1, 0.15) is 45.3 Å². The van der Waals surface area contributed by atoms with Crippen LogP contribution in [-0.2, 0) is 4.79 Å². The van der Waals surface area contributed by atoms with E-state index in [1.54, 1.807) is 11.8 Å². The zero-order valence-corrected chi connectivity index (χ0v) is 12.9. The number of anilines is 1. The molecule has 5 nitrogen and oxygen atoms in total. The van der Waals surface area contributed by atoms with Crippen LogP contribution >= 0.6 is 0 Å². The summed E-state index contributed by atoms with van der Waals surface area (Å²) in [4.78, 5) is 14.0. The van der Waals surface area contributed by atoms with Crippen LogP contribution in [0.2, 0.25) is 0 Å². The van der Waals surface area contributed by atoms with Gasteiger partial charge in [0, 0.05) is 6.04 Å². The van der Waals surface area contributed by atoms with Crippen molar-refractivity contribution in [3.05, 3.63) is 23.8 Å². The van der Waals surface area contributed by atoms with Crippen molar-refractivity contribution in [3.8, 4) is 5.75 Å². The van der Waals surface area contributed by atoms with Gasteiger partial charge in [0.2, 0.25) is 0 Å². The van der Waals surface area contributed by atoms with Crippen LogP contribution in [0.3, 0.4) is 0 Å². The Labute approximate surface area is 125 Å². The molecular weight excluding hydrogens is 268 g/mol. The molecule has 0 spiro atoms. The molecule has 1 aromatic carbocycles. The van der Waals surface area contributed by atoms with Crippen molar-refractivity contribution in [2.75, 3.05) is 11.4 Å². The predicted molar refractivity (Wildman–Crippen MR) is 82.4 cm³/mol. The molecule has 0 saturated carbocycles. The van der Waals surface area contributed by atoms with Crippen LogP contribution in [0, 0.1) is 0 Å². The number of aliphatic hydroxyl groups excluding tert-OH is 1.